The van der Waals surface area contributed by atoms with Gasteiger partial charge in [-0.15, -0.1) is 0 Å². The van der Waals surface area contributed by atoms with Crippen LogP contribution in [0, 0.1) is 0 Å². The van der Waals surface area contributed by atoms with E-state index < -0.39 is 0 Å². The summed E-state index contributed by atoms with van der Waals surface area (Å²) in [6.07, 6.45) is 0.258. The summed E-state index contributed by atoms with van der Waals surface area (Å²) >= 11 is 5.97. The number of phenols is 1. The van der Waals surface area contributed by atoms with E-state index in [0.29, 0.717) is 10.8 Å². The second-order valence-electron chi connectivity index (χ2n) is 4.55. The van der Waals surface area contributed by atoms with E-state index in [1.165, 1.54) is 7.11 Å². The molecule has 1 fully saturated rings. The highest BCUT2D eigenvalue weighted by Gasteiger charge is 2.18. The van der Waals surface area contributed by atoms with Gasteiger partial charge in [0.25, 0.3) is 0 Å². The Labute approximate surface area is 112 Å². The lowest BCUT2D eigenvalue weighted by Crippen LogP contribution is -2.40. The lowest BCUT2D eigenvalue weighted by molar-refractivity contribution is -0.0212. The van der Waals surface area contributed by atoms with Crippen LogP contribution in [-0.4, -0.2) is 42.9 Å². The number of hydrogen-bond donors (Lipinski definition) is 1. The normalized spacial score (nSPS) is 20.9. The van der Waals surface area contributed by atoms with Gasteiger partial charge < -0.3 is 14.6 Å². The standard InChI is InChI=1S/C13H18ClNO3/c1-9-7-15(3-4-18-9)8-10-5-11(14)13(16)12(6-10)17-2/h5-6,9,16H,3-4,7-8H2,1-2H3. The molecule has 1 aromatic carbocycles. The monoisotopic (exact) mass is 271 g/mol. The molecule has 1 saturated heterocycles. The zero-order chi connectivity index (χ0) is 13.1. The fraction of sp³-hybridized carbons (Fsp3) is 0.538. The Hall–Kier alpha value is -0.970. The predicted molar refractivity (Wildman–Crippen MR) is 70.4 cm³/mol. The molecule has 1 heterocycles. The molecular formula is C13H18ClNO3. The molecule has 1 aliphatic rings. The van der Waals surface area contributed by atoms with E-state index in [1.807, 2.05) is 6.07 Å². The Morgan fingerprint density at radius 2 is 2.33 bits per heavy atom. The number of rotatable bonds is 3. The van der Waals surface area contributed by atoms with Crippen molar-refractivity contribution in [3.05, 3.63) is 22.7 Å². The number of aromatic hydroxyl groups is 1. The summed E-state index contributed by atoms with van der Waals surface area (Å²) in [5.41, 5.74) is 1.03. The topological polar surface area (TPSA) is 41.9 Å². The fourth-order valence-corrected chi connectivity index (χ4v) is 2.40. The summed E-state index contributed by atoms with van der Waals surface area (Å²) < 4.78 is 10.6. The smallest absolute Gasteiger partial charge is 0.176 e. The average Bonchev–Trinajstić information content (AvgIpc) is 2.33. The first kappa shape index (κ1) is 13.5. The Morgan fingerprint density at radius 1 is 1.56 bits per heavy atom. The molecule has 0 bridgehead atoms. The first-order valence-electron chi connectivity index (χ1n) is 5.99. The molecule has 0 saturated carbocycles. The maximum atomic E-state index is 9.68. The van der Waals surface area contributed by atoms with Gasteiger partial charge in [0.2, 0.25) is 0 Å². The number of ether oxygens (including phenoxy) is 2. The third-order valence-corrected chi connectivity index (χ3v) is 3.33. The summed E-state index contributed by atoms with van der Waals surface area (Å²) in [7, 11) is 1.52. The van der Waals surface area contributed by atoms with Crippen LogP contribution in [0.5, 0.6) is 11.5 Å². The highest BCUT2D eigenvalue weighted by Crippen LogP contribution is 2.35. The molecule has 100 valence electrons. The minimum absolute atomic E-state index is 0.00161. The summed E-state index contributed by atoms with van der Waals surface area (Å²) in [4.78, 5) is 2.30. The summed E-state index contributed by atoms with van der Waals surface area (Å²) in [6, 6.07) is 3.60. The lowest BCUT2D eigenvalue weighted by Gasteiger charge is -2.31. The number of phenolic OH excluding ortho intramolecular Hbond substituents is 1. The summed E-state index contributed by atoms with van der Waals surface area (Å²) in [5.74, 6) is 0.414. The van der Waals surface area contributed by atoms with Gasteiger partial charge in [0, 0.05) is 19.6 Å². The number of methoxy groups -OCH3 is 1. The van der Waals surface area contributed by atoms with Gasteiger partial charge in [-0.1, -0.05) is 11.6 Å². The molecule has 1 aromatic rings. The van der Waals surface area contributed by atoms with Gasteiger partial charge in [0.1, 0.15) is 0 Å². The molecule has 0 aliphatic carbocycles. The fourth-order valence-electron chi connectivity index (χ4n) is 2.17. The summed E-state index contributed by atoms with van der Waals surface area (Å²) in [6.45, 7) is 5.41. The number of nitrogens with zero attached hydrogens (tertiary/aromatic N) is 1. The van der Waals surface area contributed by atoms with Crippen LogP contribution in [0.1, 0.15) is 12.5 Å². The Balaban J connectivity index is 2.11. The third-order valence-electron chi connectivity index (χ3n) is 3.04. The molecule has 0 amide bonds. The van der Waals surface area contributed by atoms with Crippen molar-refractivity contribution in [3.63, 3.8) is 0 Å². The molecule has 5 heteroatoms. The first-order valence-corrected chi connectivity index (χ1v) is 6.37. The number of benzene rings is 1. The van der Waals surface area contributed by atoms with E-state index in [4.69, 9.17) is 21.1 Å². The quantitative estimate of drug-likeness (QED) is 0.916. The number of morpholine rings is 1. The zero-order valence-electron chi connectivity index (χ0n) is 10.6. The Bertz CT molecular complexity index is 425. The molecule has 1 aliphatic heterocycles. The molecule has 1 unspecified atom stereocenters. The van der Waals surface area contributed by atoms with E-state index in [1.54, 1.807) is 6.07 Å². The van der Waals surface area contributed by atoms with Gasteiger partial charge in [-0.05, 0) is 24.6 Å². The van der Waals surface area contributed by atoms with Crippen molar-refractivity contribution in [1.29, 1.82) is 0 Å². The second-order valence-corrected chi connectivity index (χ2v) is 4.95. The molecule has 1 N–H and O–H groups in total. The van der Waals surface area contributed by atoms with E-state index in [-0.39, 0.29) is 11.9 Å². The Kier molecular flexibility index (Phi) is 4.32. The van der Waals surface area contributed by atoms with Crippen LogP contribution >= 0.6 is 11.6 Å². The van der Waals surface area contributed by atoms with Crippen molar-refractivity contribution in [2.75, 3.05) is 26.8 Å². The first-order chi connectivity index (χ1) is 8.60. The Morgan fingerprint density at radius 3 is 3.00 bits per heavy atom. The van der Waals surface area contributed by atoms with Crippen molar-refractivity contribution < 1.29 is 14.6 Å². The van der Waals surface area contributed by atoms with E-state index in [0.717, 1.165) is 31.8 Å². The molecular weight excluding hydrogens is 254 g/mol. The second kappa shape index (κ2) is 5.78. The van der Waals surface area contributed by atoms with Crippen LogP contribution in [0.15, 0.2) is 12.1 Å². The van der Waals surface area contributed by atoms with Crippen LogP contribution in [0.2, 0.25) is 5.02 Å². The molecule has 1 atom stereocenters. The number of halogens is 1. The minimum atomic E-state index is -0.00161. The van der Waals surface area contributed by atoms with Crippen LogP contribution in [0.25, 0.3) is 0 Å². The van der Waals surface area contributed by atoms with Crippen LogP contribution in [0.3, 0.4) is 0 Å². The van der Waals surface area contributed by atoms with Gasteiger partial charge in [0.05, 0.1) is 24.8 Å². The van der Waals surface area contributed by atoms with Gasteiger partial charge in [-0.3, -0.25) is 4.90 Å². The van der Waals surface area contributed by atoms with Crippen LogP contribution in [-0.2, 0) is 11.3 Å². The third kappa shape index (κ3) is 3.07. The van der Waals surface area contributed by atoms with Gasteiger partial charge in [-0.2, -0.15) is 0 Å². The van der Waals surface area contributed by atoms with Crippen molar-refractivity contribution in [1.82, 2.24) is 4.90 Å². The molecule has 0 spiro atoms. The van der Waals surface area contributed by atoms with Crippen molar-refractivity contribution in [3.8, 4) is 11.5 Å². The van der Waals surface area contributed by atoms with Gasteiger partial charge >= 0.3 is 0 Å². The van der Waals surface area contributed by atoms with Gasteiger partial charge in [-0.25, -0.2) is 0 Å². The molecule has 4 nitrogen and oxygen atoms in total. The maximum absolute atomic E-state index is 9.68. The van der Waals surface area contributed by atoms with E-state index in [2.05, 4.69) is 11.8 Å². The molecule has 18 heavy (non-hydrogen) atoms. The number of hydrogen-bond acceptors (Lipinski definition) is 4. The van der Waals surface area contributed by atoms with Crippen molar-refractivity contribution in [2.24, 2.45) is 0 Å². The lowest BCUT2D eigenvalue weighted by atomic mass is 10.1. The SMILES string of the molecule is COc1cc(CN2CCOC(C)C2)cc(Cl)c1O. The van der Waals surface area contributed by atoms with E-state index in [9.17, 15) is 5.11 Å². The zero-order valence-corrected chi connectivity index (χ0v) is 11.4. The molecule has 0 radical (unpaired) electrons. The predicted octanol–water partition coefficient (Wildman–Crippen LogP) is 2.27. The van der Waals surface area contributed by atoms with Crippen LogP contribution < -0.4 is 4.74 Å². The molecule has 2 rings (SSSR count). The van der Waals surface area contributed by atoms with E-state index >= 15 is 0 Å². The van der Waals surface area contributed by atoms with Crippen molar-refractivity contribution >= 4 is 11.6 Å². The highest BCUT2D eigenvalue weighted by atomic mass is 35.5. The van der Waals surface area contributed by atoms with Crippen LogP contribution in [0.4, 0.5) is 0 Å². The van der Waals surface area contributed by atoms with Gasteiger partial charge in [0.15, 0.2) is 11.5 Å². The largest absolute Gasteiger partial charge is 0.503 e. The summed E-state index contributed by atoms with van der Waals surface area (Å²) in [5, 5.41) is 10.0. The average molecular weight is 272 g/mol. The minimum Gasteiger partial charge on any atom is -0.503 e. The van der Waals surface area contributed by atoms with Crippen molar-refractivity contribution in [2.45, 2.75) is 19.6 Å². The maximum Gasteiger partial charge on any atom is 0.176 e. The molecule has 0 aromatic heterocycles. The highest BCUT2D eigenvalue weighted by molar-refractivity contribution is 6.32.